The molecule has 6 rings (SSSR count). The highest BCUT2D eigenvalue weighted by Gasteiger charge is 2.67. The minimum atomic E-state index is -0.790. The van der Waals surface area contributed by atoms with Crippen molar-refractivity contribution in [1.82, 2.24) is 4.90 Å². The summed E-state index contributed by atoms with van der Waals surface area (Å²) in [6.45, 7) is 1.64. The molecule has 0 spiro atoms. The van der Waals surface area contributed by atoms with Gasteiger partial charge in [-0.15, -0.1) is 0 Å². The van der Waals surface area contributed by atoms with Gasteiger partial charge in [-0.1, -0.05) is 30.4 Å². The van der Waals surface area contributed by atoms with Crippen LogP contribution >= 0.6 is 0 Å². The van der Waals surface area contributed by atoms with Crippen LogP contribution in [0.25, 0.3) is 0 Å². The van der Waals surface area contributed by atoms with E-state index in [-0.39, 0.29) is 41.4 Å². The van der Waals surface area contributed by atoms with Gasteiger partial charge in [0.2, 0.25) is 17.7 Å². The average molecular weight is 336 g/mol. The number of nitrogens with zero attached hydrogens (tertiary/aromatic N) is 1. The minimum Gasteiger partial charge on any atom is -0.324 e. The predicted molar refractivity (Wildman–Crippen MR) is 91.1 cm³/mol. The summed E-state index contributed by atoms with van der Waals surface area (Å²) in [4.78, 5) is 39.8. The summed E-state index contributed by atoms with van der Waals surface area (Å²) >= 11 is 0. The van der Waals surface area contributed by atoms with Crippen molar-refractivity contribution in [2.75, 3.05) is 5.32 Å². The molecule has 1 aromatic carbocycles. The predicted octanol–water partition coefficient (Wildman–Crippen LogP) is 2.07. The molecular formula is C20H20N2O3. The van der Waals surface area contributed by atoms with Gasteiger partial charge in [0.15, 0.2) is 0 Å². The molecule has 0 unspecified atom stereocenters. The number of amides is 3. The molecule has 5 aliphatic rings. The number of likely N-dealkylation sites (tertiary alicyclic amines) is 1. The molecule has 7 atom stereocenters. The van der Waals surface area contributed by atoms with E-state index in [1.54, 1.807) is 19.1 Å². The Hall–Kier alpha value is -2.43. The first-order chi connectivity index (χ1) is 12.1. The zero-order valence-corrected chi connectivity index (χ0v) is 14.0. The molecule has 1 saturated heterocycles. The van der Waals surface area contributed by atoms with Crippen LogP contribution in [0.15, 0.2) is 42.5 Å². The number of allylic oxidation sites excluding steroid dienone is 2. The standard InChI is InChI=1S/C20H20N2O3/c1-10(18(23)21-11-5-3-2-4-6-11)22-19(24)16-12-7-8-13(15-9-14(12)15)17(16)20(22)25/h2-8,10,12-17H,9H2,1H3,(H,21,23)/t10-,12+,13+,14+,15+,16-,17-/m1/s1. The fourth-order valence-electron chi connectivity index (χ4n) is 5.25. The molecule has 0 radical (unpaired) electrons. The second-order valence-corrected chi connectivity index (χ2v) is 7.73. The Morgan fingerprint density at radius 1 is 1.04 bits per heavy atom. The highest BCUT2D eigenvalue weighted by molar-refractivity contribution is 6.10. The van der Waals surface area contributed by atoms with Crippen molar-refractivity contribution in [3.05, 3.63) is 42.5 Å². The Morgan fingerprint density at radius 2 is 1.60 bits per heavy atom. The summed E-state index contributed by atoms with van der Waals surface area (Å²) in [6, 6.07) is 8.31. The van der Waals surface area contributed by atoms with Gasteiger partial charge < -0.3 is 5.32 Å². The maximum absolute atomic E-state index is 13.0. The van der Waals surface area contributed by atoms with E-state index in [9.17, 15) is 14.4 Å². The molecule has 1 aromatic rings. The highest BCUT2D eigenvalue weighted by atomic mass is 16.2. The smallest absolute Gasteiger partial charge is 0.247 e. The van der Waals surface area contributed by atoms with Gasteiger partial charge in [0, 0.05) is 5.69 Å². The fourth-order valence-corrected chi connectivity index (χ4v) is 5.25. The SMILES string of the molecule is C[C@H](C(=O)Nc1ccccc1)N1C(=O)[C@@H]2[C@H]3C=C[C@@H]([C@@H]4C[C@@H]34)[C@H]2C1=O. The molecule has 2 saturated carbocycles. The maximum Gasteiger partial charge on any atom is 0.247 e. The van der Waals surface area contributed by atoms with Gasteiger partial charge >= 0.3 is 0 Å². The van der Waals surface area contributed by atoms with Gasteiger partial charge in [-0.2, -0.15) is 0 Å². The number of carbonyl (C=O) groups is 3. The van der Waals surface area contributed by atoms with Crippen LogP contribution < -0.4 is 5.32 Å². The monoisotopic (exact) mass is 336 g/mol. The van der Waals surface area contributed by atoms with E-state index in [1.165, 1.54) is 4.90 Å². The summed E-state index contributed by atoms with van der Waals surface area (Å²) in [5, 5.41) is 2.80. The summed E-state index contributed by atoms with van der Waals surface area (Å²) < 4.78 is 0. The van der Waals surface area contributed by atoms with Crippen LogP contribution in [-0.4, -0.2) is 28.7 Å². The molecule has 1 heterocycles. The number of carbonyl (C=O) groups excluding carboxylic acids is 3. The largest absolute Gasteiger partial charge is 0.324 e. The molecule has 5 nitrogen and oxygen atoms in total. The van der Waals surface area contributed by atoms with Gasteiger partial charge in [0.25, 0.3) is 0 Å². The first-order valence-corrected chi connectivity index (χ1v) is 8.99. The zero-order chi connectivity index (χ0) is 17.3. The van der Waals surface area contributed by atoms with E-state index in [0.717, 1.165) is 6.42 Å². The van der Waals surface area contributed by atoms with Crippen LogP contribution in [0.1, 0.15) is 13.3 Å². The van der Waals surface area contributed by atoms with Crippen molar-refractivity contribution in [2.24, 2.45) is 35.5 Å². The molecule has 3 amide bonds. The summed E-state index contributed by atoms with van der Waals surface area (Å²) in [5.74, 6) is 0.374. The first kappa shape index (κ1) is 14.9. The normalized spacial score (nSPS) is 38.4. The van der Waals surface area contributed by atoms with Gasteiger partial charge in [-0.25, -0.2) is 0 Å². The quantitative estimate of drug-likeness (QED) is 0.679. The molecule has 1 aliphatic heterocycles. The molecule has 1 N–H and O–H groups in total. The van der Waals surface area contributed by atoms with Crippen molar-refractivity contribution in [2.45, 2.75) is 19.4 Å². The van der Waals surface area contributed by atoms with Crippen molar-refractivity contribution in [1.29, 1.82) is 0 Å². The third-order valence-electron chi connectivity index (χ3n) is 6.50. The third kappa shape index (κ3) is 1.98. The summed E-state index contributed by atoms with van der Waals surface area (Å²) in [6.07, 6.45) is 5.42. The minimum absolute atomic E-state index is 0.157. The number of hydrogen-bond donors (Lipinski definition) is 1. The number of benzene rings is 1. The molecule has 4 aliphatic carbocycles. The number of para-hydroxylation sites is 1. The number of rotatable bonds is 3. The van der Waals surface area contributed by atoms with Crippen molar-refractivity contribution in [3.8, 4) is 0 Å². The lowest BCUT2D eigenvalue weighted by molar-refractivity contribution is -0.146. The molecule has 128 valence electrons. The van der Waals surface area contributed by atoms with Gasteiger partial charge in [0.05, 0.1) is 11.8 Å². The van der Waals surface area contributed by atoms with E-state index in [0.29, 0.717) is 17.5 Å². The van der Waals surface area contributed by atoms with Gasteiger partial charge in [0.1, 0.15) is 6.04 Å². The van der Waals surface area contributed by atoms with E-state index in [1.807, 2.05) is 18.2 Å². The first-order valence-electron chi connectivity index (χ1n) is 8.99. The maximum atomic E-state index is 13.0. The number of hydrogen-bond acceptors (Lipinski definition) is 3. The Labute approximate surface area is 146 Å². The Bertz CT molecular complexity index is 766. The third-order valence-corrected chi connectivity index (χ3v) is 6.50. The lowest BCUT2D eigenvalue weighted by atomic mass is 9.63. The van der Waals surface area contributed by atoms with Gasteiger partial charge in [-0.05, 0) is 49.1 Å². The summed E-state index contributed by atoms with van der Waals surface area (Å²) in [5.41, 5.74) is 0.666. The van der Waals surface area contributed by atoms with Crippen molar-refractivity contribution in [3.63, 3.8) is 0 Å². The van der Waals surface area contributed by atoms with Crippen LogP contribution in [0.4, 0.5) is 5.69 Å². The Balaban J connectivity index is 1.39. The lowest BCUT2D eigenvalue weighted by Gasteiger charge is -2.37. The van der Waals surface area contributed by atoms with E-state index in [2.05, 4.69) is 17.5 Å². The number of imide groups is 1. The molecule has 3 fully saturated rings. The fraction of sp³-hybridized carbons (Fsp3) is 0.450. The van der Waals surface area contributed by atoms with Crippen molar-refractivity contribution >= 4 is 23.4 Å². The number of anilines is 1. The molecule has 2 bridgehead atoms. The van der Waals surface area contributed by atoms with Crippen molar-refractivity contribution < 1.29 is 14.4 Å². The van der Waals surface area contributed by atoms with Gasteiger partial charge in [-0.3, -0.25) is 19.3 Å². The molecule has 5 heteroatoms. The highest BCUT2D eigenvalue weighted by Crippen LogP contribution is 2.65. The zero-order valence-electron chi connectivity index (χ0n) is 14.0. The van der Waals surface area contributed by atoms with E-state index in [4.69, 9.17) is 0 Å². The second-order valence-electron chi connectivity index (χ2n) is 7.73. The van der Waals surface area contributed by atoms with Crippen LogP contribution in [0.5, 0.6) is 0 Å². The second kappa shape index (κ2) is 5.04. The topological polar surface area (TPSA) is 66.5 Å². The molecular weight excluding hydrogens is 316 g/mol. The Kier molecular flexibility index (Phi) is 3.00. The average Bonchev–Trinajstić information content (AvgIpc) is 3.40. The van der Waals surface area contributed by atoms with Crippen LogP contribution in [0.3, 0.4) is 0 Å². The van der Waals surface area contributed by atoms with Crippen LogP contribution in [0.2, 0.25) is 0 Å². The number of nitrogens with one attached hydrogen (secondary N) is 1. The van der Waals surface area contributed by atoms with E-state index >= 15 is 0 Å². The Morgan fingerprint density at radius 3 is 2.16 bits per heavy atom. The van der Waals surface area contributed by atoms with E-state index < -0.39 is 6.04 Å². The van der Waals surface area contributed by atoms with Crippen LogP contribution in [-0.2, 0) is 14.4 Å². The lowest BCUT2D eigenvalue weighted by Crippen LogP contribution is -2.46. The summed E-state index contributed by atoms with van der Waals surface area (Å²) in [7, 11) is 0. The molecule has 25 heavy (non-hydrogen) atoms. The molecule has 0 aromatic heterocycles. The van der Waals surface area contributed by atoms with Crippen LogP contribution in [0, 0.1) is 35.5 Å².